The Balaban J connectivity index is 2.29. The zero-order valence-corrected chi connectivity index (χ0v) is 17.1. The van der Waals surface area contributed by atoms with Gasteiger partial charge in [0.1, 0.15) is 29.8 Å². The Kier molecular flexibility index (Phi) is 8.28. The summed E-state index contributed by atoms with van der Waals surface area (Å²) >= 11 is 5.74. The molecule has 3 nitrogen and oxygen atoms in total. The Morgan fingerprint density at radius 1 is 1.17 bits per heavy atom. The second-order valence-electron chi connectivity index (χ2n) is 6.37. The zero-order chi connectivity index (χ0) is 21.4. The average Bonchev–Trinajstić information content (AvgIpc) is 2.68. The quantitative estimate of drug-likeness (QED) is 0.374. The molecule has 6 heteroatoms. The highest BCUT2D eigenvalue weighted by molar-refractivity contribution is 6.30. The third-order valence-electron chi connectivity index (χ3n) is 4.12. The molecule has 154 valence electrons. The molecule has 2 rings (SSSR count). The van der Waals surface area contributed by atoms with Crippen LogP contribution >= 0.6 is 11.6 Å². The number of benzene rings is 1. The van der Waals surface area contributed by atoms with Crippen molar-refractivity contribution in [2.24, 2.45) is 5.73 Å². The molecule has 2 N–H and O–H groups in total. The average molecular weight is 420 g/mol. The van der Waals surface area contributed by atoms with E-state index in [1.165, 1.54) is 18.2 Å². The largest absolute Gasteiger partial charge is 0.495 e. The van der Waals surface area contributed by atoms with Gasteiger partial charge in [-0.05, 0) is 54.3 Å². The minimum absolute atomic E-state index is 0.0312. The summed E-state index contributed by atoms with van der Waals surface area (Å²) in [5, 5.41) is 0.0312. The van der Waals surface area contributed by atoms with Crippen molar-refractivity contribution < 1.29 is 18.3 Å². The van der Waals surface area contributed by atoms with Gasteiger partial charge in [-0.3, -0.25) is 0 Å². The van der Waals surface area contributed by atoms with Crippen LogP contribution in [0.3, 0.4) is 0 Å². The minimum Gasteiger partial charge on any atom is -0.495 e. The molecule has 0 heterocycles. The highest BCUT2D eigenvalue weighted by Crippen LogP contribution is 2.25. The van der Waals surface area contributed by atoms with E-state index in [0.717, 1.165) is 5.57 Å². The molecular formula is C23H24ClF2NO2. The number of rotatable bonds is 9. The van der Waals surface area contributed by atoms with Gasteiger partial charge < -0.3 is 15.2 Å². The molecule has 1 aliphatic rings. The van der Waals surface area contributed by atoms with Crippen molar-refractivity contribution in [1.29, 1.82) is 0 Å². The van der Waals surface area contributed by atoms with E-state index in [1.54, 1.807) is 24.3 Å². The van der Waals surface area contributed by atoms with Gasteiger partial charge in [-0.25, -0.2) is 8.78 Å². The van der Waals surface area contributed by atoms with Gasteiger partial charge in [0.05, 0.1) is 11.6 Å². The maximum Gasteiger partial charge on any atom is 0.145 e. The number of hydrogen-bond acceptors (Lipinski definition) is 3. The normalized spacial score (nSPS) is 14.8. The van der Waals surface area contributed by atoms with E-state index in [2.05, 4.69) is 13.2 Å². The van der Waals surface area contributed by atoms with Crippen molar-refractivity contribution >= 4 is 17.2 Å². The van der Waals surface area contributed by atoms with Crippen LogP contribution in [0.25, 0.3) is 5.57 Å². The minimum atomic E-state index is -0.540. The number of halogens is 3. The lowest BCUT2D eigenvalue weighted by Gasteiger charge is -2.14. The molecule has 0 saturated carbocycles. The maximum atomic E-state index is 13.8. The molecule has 0 aromatic heterocycles. The summed E-state index contributed by atoms with van der Waals surface area (Å²) in [7, 11) is 0. The second kappa shape index (κ2) is 10.7. The van der Waals surface area contributed by atoms with E-state index in [9.17, 15) is 8.78 Å². The Morgan fingerprint density at radius 2 is 1.93 bits per heavy atom. The molecule has 1 aromatic rings. The van der Waals surface area contributed by atoms with Crippen LogP contribution in [-0.2, 0) is 9.47 Å². The molecule has 0 radical (unpaired) electrons. The molecule has 0 fully saturated rings. The van der Waals surface area contributed by atoms with Crippen LogP contribution in [0.4, 0.5) is 8.78 Å². The van der Waals surface area contributed by atoms with E-state index in [-0.39, 0.29) is 17.5 Å². The van der Waals surface area contributed by atoms with Crippen LogP contribution in [0, 0.1) is 5.82 Å². The summed E-state index contributed by atoms with van der Waals surface area (Å²) in [6.07, 6.45) is 7.10. The molecule has 0 aliphatic heterocycles. The van der Waals surface area contributed by atoms with Crippen molar-refractivity contribution in [2.45, 2.75) is 19.8 Å². The van der Waals surface area contributed by atoms with Crippen LogP contribution in [0.15, 0.2) is 84.3 Å². The van der Waals surface area contributed by atoms with E-state index in [1.807, 2.05) is 6.92 Å². The van der Waals surface area contributed by atoms with Gasteiger partial charge in [0.2, 0.25) is 0 Å². The van der Waals surface area contributed by atoms with Crippen molar-refractivity contribution in [1.82, 2.24) is 0 Å². The van der Waals surface area contributed by atoms with Gasteiger partial charge in [0, 0.05) is 18.2 Å². The first-order valence-corrected chi connectivity index (χ1v) is 9.50. The molecular weight excluding hydrogens is 396 g/mol. The first-order chi connectivity index (χ1) is 13.8. The summed E-state index contributed by atoms with van der Waals surface area (Å²) in [5.41, 5.74) is 8.47. The highest BCUT2D eigenvalue weighted by Gasteiger charge is 2.10. The Bertz CT molecular complexity index is 913. The summed E-state index contributed by atoms with van der Waals surface area (Å²) in [6, 6.07) is 4.41. The SMILES string of the molecule is C=C(COC(/C=C(\N)C1=CC=C(F)CC1)=C/C(=C)c1ccc(Cl)c(F)c1)OCC. The molecule has 1 aliphatic carbocycles. The highest BCUT2D eigenvalue weighted by atomic mass is 35.5. The summed E-state index contributed by atoms with van der Waals surface area (Å²) in [5.74, 6) is 0.122. The zero-order valence-electron chi connectivity index (χ0n) is 16.3. The van der Waals surface area contributed by atoms with Crippen LogP contribution in [0.5, 0.6) is 0 Å². The lowest BCUT2D eigenvalue weighted by molar-refractivity contribution is 0.151. The van der Waals surface area contributed by atoms with Crippen LogP contribution in [-0.4, -0.2) is 13.2 Å². The van der Waals surface area contributed by atoms with Crippen LogP contribution in [0.1, 0.15) is 25.3 Å². The van der Waals surface area contributed by atoms with Crippen molar-refractivity contribution in [3.8, 4) is 0 Å². The predicted molar refractivity (Wildman–Crippen MR) is 114 cm³/mol. The van der Waals surface area contributed by atoms with E-state index >= 15 is 0 Å². The van der Waals surface area contributed by atoms with Gasteiger partial charge >= 0.3 is 0 Å². The molecule has 0 bridgehead atoms. The molecule has 29 heavy (non-hydrogen) atoms. The van der Waals surface area contributed by atoms with Crippen molar-refractivity contribution in [3.05, 3.63) is 101 Å². The molecule has 1 aromatic carbocycles. The fourth-order valence-electron chi connectivity index (χ4n) is 2.58. The topological polar surface area (TPSA) is 44.5 Å². The first kappa shape index (κ1) is 22.5. The van der Waals surface area contributed by atoms with Gasteiger partial charge in [0.15, 0.2) is 0 Å². The molecule has 0 spiro atoms. The molecule has 0 atom stereocenters. The summed E-state index contributed by atoms with van der Waals surface area (Å²) in [4.78, 5) is 0. The van der Waals surface area contributed by atoms with Crippen LogP contribution < -0.4 is 5.73 Å². The third kappa shape index (κ3) is 6.95. The predicted octanol–water partition coefficient (Wildman–Crippen LogP) is 6.36. The van der Waals surface area contributed by atoms with Gasteiger partial charge in [-0.15, -0.1) is 0 Å². The fourth-order valence-corrected chi connectivity index (χ4v) is 2.70. The number of nitrogens with two attached hydrogens (primary N) is 1. The first-order valence-electron chi connectivity index (χ1n) is 9.12. The lowest BCUT2D eigenvalue weighted by Crippen LogP contribution is -2.06. The van der Waals surface area contributed by atoms with Gasteiger partial charge in [0.25, 0.3) is 0 Å². The maximum absolute atomic E-state index is 13.8. The third-order valence-corrected chi connectivity index (χ3v) is 4.43. The van der Waals surface area contributed by atoms with Crippen molar-refractivity contribution in [2.75, 3.05) is 13.2 Å². The summed E-state index contributed by atoms with van der Waals surface area (Å²) in [6.45, 7) is 10.2. The summed E-state index contributed by atoms with van der Waals surface area (Å²) < 4.78 is 38.1. The van der Waals surface area contributed by atoms with E-state index in [0.29, 0.717) is 47.8 Å². The fraction of sp³-hybridized carbons (Fsp3) is 0.217. The molecule has 0 saturated heterocycles. The monoisotopic (exact) mass is 419 g/mol. The number of hydrogen-bond donors (Lipinski definition) is 1. The number of ether oxygens (including phenoxy) is 2. The van der Waals surface area contributed by atoms with Gasteiger partial charge in [-0.2, -0.15) is 0 Å². The number of allylic oxidation sites excluding steroid dienone is 7. The Hall–Kier alpha value is -2.79. The Morgan fingerprint density at radius 3 is 2.55 bits per heavy atom. The Labute approximate surface area is 175 Å². The van der Waals surface area contributed by atoms with Gasteiger partial charge in [-0.1, -0.05) is 36.9 Å². The molecule has 0 amide bonds. The standard InChI is InChI=1S/C23H24ClF2NO2/c1-4-28-16(3)14-29-20(13-23(27)17-5-8-19(25)9-6-17)11-15(2)18-7-10-21(24)22(26)12-18/h5,7-8,10-13H,2-4,6,9,14,27H2,1H3/b20-11+,23-13-. The van der Waals surface area contributed by atoms with Crippen molar-refractivity contribution in [3.63, 3.8) is 0 Å². The smallest absolute Gasteiger partial charge is 0.145 e. The van der Waals surface area contributed by atoms with E-state index < -0.39 is 5.82 Å². The second-order valence-corrected chi connectivity index (χ2v) is 6.77. The molecule has 0 unspecified atom stereocenters. The van der Waals surface area contributed by atoms with Crippen LogP contribution in [0.2, 0.25) is 5.02 Å². The lowest BCUT2D eigenvalue weighted by atomic mass is 10.0. The van der Waals surface area contributed by atoms with E-state index in [4.69, 9.17) is 26.8 Å².